The molecule has 2 rings (SSSR count). The SMILES string of the molecule is CCC(O)(Cc1ccncc1)c1cccc(Br)c1. The summed E-state index contributed by atoms with van der Waals surface area (Å²) >= 11 is 3.45. The largest absolute Gasteiger partial charge is 0.385 e. The molecular formula is C15H16BrNO. The molecule has 0 aliphatic heterocycles. The van der Waals surface area contributed by atoms with Gasteiger partial charge in [-0.25, -0.2) is 0 Å². The molecule has 1 aromatic heterocycles. The number of nitrogens with zero attached hydrogens (tertiary/aromatic N) is 1. The highest BCUT2D eigenvalue weighted by Crippen LogP contribution is 2.30. The van der Waals surface area contributed by atoms with E-state index in [0.717, 1.165) is 15.6 Å². The quantitative estimate of drug-likeness (QED) is 0.934. The first kappa shape index (κ1) is 13.2. The van der Waals surface area contributed by atoms with Crippen LogP contribution in [0.25, 0.3) is 0 Å². The van der Waals surface area contributed by atoms with Gasteiger partial charge in [-0.3, -0.25) is 4.98 Å². The maximum Gasteiger partial charge on any atom is 0.0934 e. The first-order valence-electron chi connectivity index (χ1n) is 6.01. The minimum atomic E-state index is -0.828. The molecule has 94 valence electrons. The molecule has 1 N–H and O–H groups in total. The molecule has 1 atom stereocenters. The molecule has 1 heterocycles. The predicted octanol–water partition coefficient (Wildman–Crippen LogP) is 3.68. The fourth-order valence-corrected chi connectivity index (χ4v) is 2.45. The Morgan fingerprint density at radius 1 is 1.22 bits per heavy atom. The van der Waals surface area contributed by atoms with Gasteiger partial charge in [-0.15, -0.1) is 0 Å². The first-order chi connectivity index (χ1) is 8.64. The van der Waals surface area contributed by atoms with Gasteiger partial charge >= 0.3 is 0 Å². The molecule has 0 aliphatic rings. The smallest absolute Gasteiger partial charge is 0.0934 e. The van der Waals surface area contributed by atoms with Crippen LogP contribution in [0.5, 0.6) is 0 Å². The number of pyridine rings is 1. The summed E-state index contributed by atoms with van der Waals surface area (Å²) < 4.78 is 0.988. The molecule has 0 spiro atoms. The minimum Gasteiger partial charge on any atom is -0.385 e. The fraction of sp³-hybridized carbons (Fsp3) is 0.267. The third-order valence-corrected chi connectivity index (χ3v) is 3.69. The Balaban J connectivity index is 2.31. The Morgan fingerprint density at radius 3 is 2.56 bits per heavy atom. The molecule has 2 aromatic rings. The molecule has 0 radical (unpaired) electrons. The van der Waals surface area contributed by atoms with Crippen LogP contribution in [0.2, 0.25) is 0 Å². The summed E-state index contributed by atoms with van der Waals surface area (Å²) in [7, 11) is 0. The van der Waals surface area contributed by atoms with Crippen LogP contribution in [0.3, 0.4) is 0 Å². The summed E-state index contributed by atoms with van der Waals surface area (Å²) in [5.41, 5.74) is 1.20. The van der Waals surface area contributed by atoms with E-state index in [1.54, 1.807) is 12.4 Å². The molecule has 0 saturated carbocycles. The van der Waals surface area contributed by atoms with Crippen molar-refractivity contribution in [2.75, 3.05) is 0 Å². The molecule has 0 amide bonds. The third-order valence-electron chi connectivity index (χ3n) is 3.19. The summed E-state index contributed by atoms with van der Waals surface area (Å²) in [6, 6.07) is 11.7. The highest BCUT2D eigenvalue weighted by atomic mass is 79.9. The van der Waals surface area contributed by atoms with E-state index in [4.69, 9.17) is 0 Å². The molecule has 1 aromatic carbocycles. The lowest BCUT2D eigenvalue weighted by Gasteiger charge is -2.27. The number of rotatable bonds is 4. The van der Waals surface area contributed by atoms with Gasteiger partial charge in [0.1, 0.15) is 0 Å². The second-order valence-corrected chi connectivity index (χ2v) is 5.34. The van der Waals surface area contributed by atoms with E-state index in [1.807, 2.05) is 43.3 Å². The van der Waals surface area contributed by atoms with Crippen LogP contribution in [0.4, 0.5) is 0 Å². The van der Waals surface area contributed by atoms with Crippen molar-refractivity contribution in [3.8, 4) is 0 Å². The molecule has 0 bridgehead atoms. The van der Waals surface area contributed by atoms with Gasteiger partial charge in [0.05, 0.1) is 5.60 Å². The maximum absolute atomic E-state index is 10.8. The molecule has 0 fully saturated rings. The molecule has 0 aliphatic carbocycles. The third kappa shape index (κ3) is 2.98. The number of hydrogen-bond donors (Lipinski definition) is 1. The molecular weight excluding hydrogens is 290 g/mol. The van der Waals surface area contributed by atoms with Gasteiger partial charge in [-0.05, 0) is 41.8 Å². The van der Waals surface area contributed by atoms with Crippen LogP contribution in [0.15, 0.2) is 53.3 Å². The Bertz CT molecular complexity index is 515. The van der Waals surface area contributed by atoms with Gasteiger partial charge in [0.15, 0.2) is 0 Å². The van der Waals surface area contributed by atoms with Crippen molar-refractivity contribution in [1.82, 2.24) is 4.98 Å². The van der Waals surface area contributed by atoms with E-state index in [0.29, 0.717) is 12.8 Å². The summed E-state index contributed by atoms with van der Waals surface area (Å²) in [6.45, 7) is 2.00. The fourth-order valence-electron chi connectivity index (χ4n) is 2.05. The summed E-state index contributed by atoms with van der Waals surface area (Å²) in [4.78, 5) is 4.00. The van der Waals surface area contributed by atoms with Crippen LogP contribution < -0.4 is 0 Å². The van der Waals surface area contributed by atoms with E-state index < -0.39 is 5.60 Å². The highest BCUT2D eigenvalue weighted by Gasteiger charge is 2.27. The van der Waals surface area contributed by atoms with Crippen molar-refractivity contribution in [2.24, 2.45) is 0 Å². The van der Waals surface area contributed by atoms with E-state index in [1.165, 1.54) is 0 Å². The zero-order chi connectivity index (χ0) is 13.0. The van der Waals surface area contributed by atoms with Crippen LogP contribution in [0.1, 0.15) is 24.5 Å². The zero-order valence-corrected chi connectivity index (χ0v) is 11.9. The van der Waals surface area contributed by atoms with Gasteiger partial charge in [0.25, 0.3) is 0 Å². The van der Waals surface area contributed by atoms with Crippen molar-refractivity contribution in [1.29, 1.82) is 0 Å². The van der Waals surface area contributed by atoms with Crippen molar-refractivity contribution >= 4 is 15.9 Å². The van der Waals surface area contributed by atoms with E-state index in [9.17, 15) is 5.11 Å². The molecule has 18 heavy (non-hydrogen) atoms. The number of aromatic nitrogens is 1. The van der Waals surface area contributed by atoms with Crippen molar-refractivity contribution in [3.63, 3.8) is 0 Å². The van der Waals surface area contributed by atoms with E-state index in [2.05, 4.69) is 20.9 Å². The lowest BCUT2D eigenvalue weighted by atomic mass is 9.85. The second kappa shape index (κ2) is 5.63. The monoisotopic (exact) mass is 305 g/mol. The van der Waals surface area contributed by atoms with Crippen LogP contribution >= 0.6 is 15.9 Å². The van der Waals surface area contributed by atoms with Gasteiger partial charge in [-0.2, -0.15) is 0 Å². The number of benzene rings is 1. The van der Waals surface area contributed by atoms with Gasteiger partial charge in [0, 0.05) is 23.3 Å². The summed E-state index contributed by atoms with van der Waals surface area (Å²) in [5.74, 6) is 0. The lowest BCUT2D eigenvalue weighted by Crippen LogP contribution is -2.27. The maximum atomic E-state index is 10.8. The number of halogens is 1. The molecule has 1 unspecified atom stereocenters. The summed E-state index contributed by atoms with van der Waals surface area (Å²) in [5, 5.41) is 10.8. The first-order valence-corrected chi connectivity index (χ1v) is 6.81. The predicted molar refractivity (Wildman–Crippen MR) is 76.3 cm³/mol. The number of hydrogen-bond acceptors (Lipinski definition) is 2. The van der Waals surface area contributed by atoms with Gasteiger partial charge in [0.2, 0.25) is 0 Å². The van der Waals surface area contributed by atoms with Gasteiger partial charge in [-0.1, -0.05) is 35.0 Å². The Kier molecular flexibility index (Phi) is 4.15. The van der Waals surface area contributed by atoms with Crippen LogP contribution in [0, 0.1) is 0 Å². The topological polar surface area (TPSA) is 33.1 Å². The number of aliphatic hydroxyl groups is 1. The van der Waals surface area contributed by atoms with E-state index >= 15 is 0 Å². The molecule has 0 saturated heterocycles. The zero-order valence-electron chi connectivity index (χ0n) is 10.3. The van der Waals surface area contributed by atoms with Crippen molar-refractivity contribution in [3.05, 3.63) is 64.4 Å². The Labute approximate surface area is 116 Å². The summed E-state index contributed by atoms with van der Waals surface area (Å²) in [6.07, 6.45) is 4.78. The Morgan fingerprint density at radius 2 is 1.94 bits per heavy atom. The van der Waals surface area contributed by atoms with Crippen LogP contribution in [-0.2, 0) is 12.0 Å². The highest BCUT2D eigenvalue weighted by molar-refractivity contribution is 9.10. The van der Waals surface area contributed by atoms with Crippen LogP contribution in [-0.4, -0.2) is 10.1 Å². The normalized spacial score (nSPS) is 14.2. The lowest BCUT2D eigenvalue weighted by molar-refractivity contribution is 0.0326. The average Bonchev–Trinajstić information content (AvgIpc) is 2.40. The molecule has 2 nitrogen and oxygen atoms in total. The molecule has 3 heteroatoms. The van der Waals surface area contributed by atoms with Gasteiger partial charge < -0.3 is 5.11 Å². The minimum absolute atomic E-state index is 0.600. The standard InChI is InChI=1S/C15H16BrNO/c1-2-15(18,11-12-6-8-17-9-7-12)13-4-3-5-14(16)10-13/h3-10,18H,2,11H2,1H3. The van der Waals surface area contributed by atoms with E-state index in [-0.39, 0.29) is 0 Å². The van der Waals surface area contributed by atoms with Crippen molar-refractivity contribution in [2.45, 2.75) is 25.4 Å². The Hall–Kier alpha value is -1.19. The second-order valence-electron chi connectivity index (χ2n) is 4.43. The average molecular weight is 306 g/mol. The van der Waals surface area contributed by atoms with Crippen molar-refractivity contribution < 1.29 is 5.11 Å².